The molecular weight excluding hydrogens is 458 g/mol. The summed E-state index contributed by atoms with van der Waals surface area (Å²) in [6.45, 7) is 1.70. The van der Waals surface area contributed by atoms with Crippen LogP contribution < -0.4 is 9.03 Å². The molecule has 0 amide bonds. The first kappa shape index (κ1) is 22.2. The summed E-state index contributed by atoms with van der Waals surface area (Å²) in [6, 6.07) is 12.6. The van der Waals surface area contributed by atoms with Crippen LogP contribution in [0.3, 0.4) is 0 Å². The molecule has 0 unspecified atom stereocenters. The van der Waals surface area contributed by atoms with Gasteiger partial charge in [-0.05, 0) is 85.5 Å². The van der Waals surface area contributed by atoms with Gasteiger partial charge in [0.05, 0.1) is 21.2 Å². The molecule has 3 aromatic carbocycles. The van der Waals surface area contributed by atoms with Gasteiger partial charge in [-0.15, -0.1) is 0 Å². The third kappa shape index (κ3) is 4.20. The Bertz CT molecular complexity index is 1390. The first-order valence-corrected chi connectivity index (χ1v) is 12.7. The maximum atomic E-state index is 13.4. The molecule has 0 aliphatic carbocycles. The molecule has 0 saturated carbocycles. The van der Waals surface area contributed by atoms with Crippen LogP contribution in [0.15, 0.2) is 70.5 Å². The molecule has 1 aliphatic heterocycles. The second-order valence-electron chi connectivity index (χ2n) is 7.49. The number of anilines is 2. The molecule has 0 saturated heterocycles. The van der Waals surface area contributed by atoms with Crippen molar-refractivity contribution in [3.05, 3.63) is 83.4 Å². The van der Waals surface area contributed by atoms with E-state index in [0.717, 1.165) is 29.8 Å². The smallest absolute Gasteiger partial charge is 0.264 e. The summed E-state index contributed by atoms with van der Waals surface area (Å²) in [4.78, 5) is -0.132. The normalized spacial score (nSPS) is 14.2. The quantitative estimate of drug-likeness (QED) is 0.595. The Balaban J connectivity index is 1.71. The van der Waals surface area contributed by atoms with Gasteiger partial charge in [0.2, 0.25) is 0 Å². The van der Waals surface area contributed by atoms with Crippen LogP contribution >= 0.6 is 0 Å². The van der Waals surface area contributed by atoms with E-state index in [2.05, 4.69) is 4.72 Å². The Morgan fingerprint density at radius 3 is 2.25 bits per heavy atom. The highest BCUT2D eigenvalue weighted by Crippen LogP contribution is 2.35. The van der Waals surface area contributed by atoms with Crippen LogP contribution in [-0.4, -0.2) is 23.4 Å². The SMILES string of the molecule is Cc1cc(F)ccc1S(=O)(=O)Nc1ccc2c(c1)N(S(=O)(=O)c1ccc(F)cc1)CCC2. The van der Waals surface area contributed by atoms with E-state index in [0.29, 0.717) is 18.5 Å². The van der Waals surface area contributed by atoms with Crippen LogP contribution in [0.1, 0.15) is 17.5 Å². The second-order valence-corrected chi connectivity index (χ2v) is 11.0. The van der Waals surface area contributed by atoms with Gasteiger partial charge in [-0.1, -0.05) is 6.07 Å². The average Bonchev–Trinajstić information content (AvgIpc) is 2.73. The van der Waals surface area contributed by atoms with Gasteiger partial charge < -0.3 is 0 Å². The third-order valence-electron chi connectivity index (χ3n) is 5.24. The summed E-state index contributed by atoms with van der Waals surface area (Å²) in [5.74, 6) is -1.09. The lowest BCUT2D eigenvalue weighted by Crippen LogP contribution is -2.35. The molecule has 0 fully saturated rings. The topological polar surface area (TPSA) is 83.6 Å². The van der Waals surface area contributed by atoms with Crippen LogP contribution in [0.2, 0.25) is 0 Å². The molecule has 1 aliphatic rings. The van der Waals surface area contributed by atoms with Crippen LogP contribution in [0.4, 0.5) is 20.2 Å². The van der Waals surface area contributed by atoms with Crippen LogP contribution in [0.5, 0.6) is 0 Å². The standard InChI is InChI=1S/C22H20F2N2O4S2/c1-15-13-18(24)7-11-22(15)31(27,28)25-19-8-4-16-3-2-12-26(21(16)14-19)32(29,30)20-9-5-17(23)6-10-20/h4-11,13-14,25H,2-3,12H2,1H3. The molecule has 1 N–H and O–H groups in total. The fourth-order valence-electron chi connectivity index (χ4n) is 3.71. The lowest BCUT2D eigenvalue weighted by molar-refractivity contribution is 0.585. The van der Waals surface area contributed by atoms with E-state index < -0.39 is 31.7 Å². The Hall–Kier alpha value is -2.98. The number of aryl methyl sites for hydroxylation is 2. The van der Waals surface area contributed by atoms with Crippen molar-refractivity contribution in [3.8, 4) is 0 Å². The minimum Gasteiger partial charge on any atom is -0.280 e. The highest BCUT2D eigenvalue weighted by Gasteiger charge is 2.30. The van der Waals surface area contributed by atoms with Gasteiger partial charge in [0, 0.05) is 6.54 Å². The fraction of sp³-hybridized carbons (Fsp3) is 0.182. The first-order chi connectivity index (χ1) is 15.1. The molecule has 168 valence electrons. The summed E-state index contributed by atoms with van der Waals surface area (Å²) in [7, 11) is -7.99. The van der Waals surface area contributed by atoms with Gasteiger partial charge >= 0.3 is 0 Å². The molecule has 3 aromatic rings. The van der Waals surface area contributed by atoms with Gasteiger partial charge in [-0.3, -0.25) is 9.03 Å². The number of hydrogen-bond donors (Lipinski definition) is 1. The van der Waals surface area contributed by atoms with Gasteiger partial charge in [0.1, 0.15) is 11.6 Å². The summed E-state index contributed by atoms with van der Waals surface area (Å²) >= 11 is 0. The van der Waals surface area contributed by atoms with Gasteiger partial charge in [-0.2, -0.15) is 0 Å². The predicted octanol–water partition coefficient (Wildman–Crippen LogP) is 4.22. The molecular formula is C22H20F2N2O4S2. The summed E-state index contributed by atoms with van der Waals surface area (Å²) in [6.07, 6.45) is 1.22. The minimum atomic E-state index is -4.02. The Morgan fingerprint density at radius 1 is 0.875 bits per heavy atom. The number of sulfonamides is 2. The van der Waals surface area contributed by atoms with E-state index in [1.54, 1.807) is 12.1 Å². The van der Waals surface area contributed by atoms with Crippen molar-refractivity contribution in [2.24, 2.45) is 0 Å². The number of rotatable bonds is 5. The number of fused-ring (bicyclic) bond motifs is 1. The van der Waals surface area contributed by atoms with Crippen molar-refractivity contribution in [1.29, 1.82) is 0 Å². The third-order valence-corrected chi connectivity index (χ3v) is 8.61. The van der Waals surface area contributed by atoms with Crippen molar-refractivity contribution in [2.75, 3.05) is 15.6 Å². The Labute approximate surface area is 185 Å². The minimum absolute atomic E-state index is 0.0559. The number of nitrogens with one attached hydrogen (secondary N) is 1. The zero-order valence-corrected chi connectivity index (χ0v) is 18.7. The zero-order chi connectivity index (χ0) is 23.1. The fourth-order valence-corrected chi connectivity index (χ4v) is 6.52. The molecule has 4 rings (SSSR count). The van der Waals surface area contributed by atoms with Gasteiger partial charge in [-0.25, -0.2) is 25.6 Å². The monoisotopic (exact) mass is 478 g/mol. The van der Waals surface area contributed by atoms with E-state index in [1.807, 2.05) is 0 Å². The van der Waals surface area contributed by atoms with E-state index in [9.17, 15) is 25.6 Å². The highest BCUT2D eigenvalue weighted by molar-refractivity contribution is 7.93. The molecule has 6 nitrogen and oxygen atoms in total. The predicted molar refractivity (Wildman–Crippen MR) is 118 cm³/mol. The summed E-state index contributed by atoms with van der Waals surface area (Å²) < 4.78 is 82.3. The van der Waals surface area contributed by atoms with Crippen molar-refractivity contribution < 1.29 is 25.6 Å². The average molecular weight is 479 g/mol. The molecule has 1 heterocycles. The van der Waals surface area contributed by atoms with Crippen molar-refractivity contribution in [2.45, 2.75) is 29.6 Å². The molecule has 0 aromatic heterocycles. The van der Waals surface area contributed by atoms with Crippen LogP contribution in [0.25, 0.3) is 0 Å². The number of hydrogen-bond acceptors (Lipinski definition) is 4. The Morgan fingerprint density at radius 2 is 1.56 bits per heavy atom. The molecule has 0 atom stereocenters. The zero-order valence-electron chi connectivity index (χ0n) is 17.0. The highest BCUT2D eigenvalue weighted by atomic mass is 32.2. The second kappa shape index (κ2) is 8.18. The lowest BCUT2D eigenvalue weighted by atomic mass is 10.0. The Kier molecular flexibility index (Phi) is 5.68. The van der Waals surface area contributed by atoms with E-state index >= 15 is 0 Å². The van der Waals surface area contributed by atoms with Crippen LogP contribution in [0, 0.1) is 18.6 Å². The van der Waals surface area contributed by atoms with E-state index in [4.69, 9.17) is 0 Å². The maximum Gasteiger partial charge on any atom is 0.264 e. The van der Waals surface area contributed by atoms with E-state index in [1.165, 1.54) is 35.5 Å². The van der Waals surface area contributed by atoms with Gasteiger partial charge in [0.25, 0.3) is 20.0 Å². The molecule has 0 bridgehead atoms. The summed E-state index contributed by atoms with van der Waals surface area (Å²) in [5, 5.41) is 0. The number of nitrogens with zero attached hydrogens (tertiary/aromatic N) is 1. The van der Waals surface area contributed by atoms with Crippen LogP contribution in [-0.2, 0) is 26.5 Å². The van der Waals surface area contributed by atoms with Gasteiger partial charge in [0.15, 0.2) is 0 Å². The van der Waals surface area contributed by atoms with Crippen molar-refractivity contribution >= 4 is 31.4 Å². The number of halogens is 2. The van der Waals surface area contributed by atoms with E-state index in [-0.39, 0.29) is 27.6 Å². The lowest BCUT2D eigenvalue weighted by Gasteiger charge is -2.31. The first-order valence-electron chi connectivity index (χ1n) is 9.78. The maximum absolute atomic E-state index is 13.4. The van der Waals surface area contributed by atoms with Crippen molar-refractivity contribution in [1.82, 2.24) is 0 Å². The largest absolute Gasteiger partial charge is 0.280 e. The number of benzene rings is 3. The summed E-state index contributed by atoms with van der Waals surface area (Å²) in [5.41, 5.74) is 1.53. The van der Waals surface area contributed by atoms with Crippen molar-refractivity contribution in [3.63, 3.8) is 0 Å². The molecule has 0 radical (unpaired) electrons. The molecule has 10 heteroatoms. The molecule has 0 spiro atoms. The molecule has 32 heavy (non-hydrogen) atoms.